The summed E-state index contributed by atoms with van der Waals surface area (Å²) in [6, 6.07) is 0.508. The second-order valence-corrected chi connectivity index (χ2v) is 7.01. The smallest absolute Gasteiger partial charge is 0.237 e. The number of nitrogens with zero attached hydrogens (tertiary/aromatic N) is 4. The zero-order chi connectivity index (χ0) is 16.9. The average molecular weight is 335 g/mol. The first-order valence-corrected chi connectivity index (χ1v) is 8.90. The fraction of sp³-hybridized carbons (Fsp3) is 0.765. The zero-order valence-corrected chi connectivity index (χ0v) is 14.8. The van der Waals surface area contributed by atoms with E-state index >= 15 is 0 Å². The number of hydrogen-bond acceptors (Lipinski definition) is 5. The molecule has 1 fully saturated rings. The van der Waals surface area contributed by atoms with Gasteiger partial charge in [0.1, 0.15) is 0 Å². The number of imidazole rings is 1. The summed E-state index contributed by atoms with van der Waals surface area (Å²) in [4.78, 5) is 20.9. The molecular formula is C17H29N5O2. The molecule has 0 aliphatic carbocycles. The molecule has 7 heteroatoms. The Morgan fingerprint density at radius 3 is 2.92 bits per heavy atom. The van der Waals surface area contributed by atoms with Gasteiger partial charge in [-0.1, -0.05) is 0 Å². The van der Waals surface area contributed by atoms with Crippen molar-refractivity contribution in [2.24, 2.45) is 0 Å². The van der Waals surface area contributed by atoms with Crippen LogP contribution in [0, 0.1) is 0 Å². The molecule has 1 N–H and O–H groups in total. The number of aryl methyl sites for hydroxylation is 1. The Kier molecular flexibility index (Phi) is 5.86. The monoisotopic (exact) mass is 335 g/mol. The van der Waals surface area contributed by atoms with Crippen molar-refractivity contribution in [1.29, 1.82) is 0 Å². The molecule has 0 atom stereocenters. The first-order valence-electron chi connectivity index (χ1n) is 8.90. The molecule has 0 saturated carbocycles. The lowest BCUT2D eigenvalue weighted by Gasteiger charge is -2.24. The molecule has 0 radical (unpaired) electrons. The van der Waals surface area contributed by atoms with Crippen LogP contribution in [-0.2, 0) is 29.2 Å². The maximum Gasteiger partial charge on any atom is 0.237 e. The minimum absolute atomic E-state index is 0.193. The van der Waals surface area contributed by atoms with Gasteiger partial charge in [0.15, 0.2) is 0 Å². The van der Waals surface area contributed by atoms with E-state index in [1.807, 2.05) is 30.2 Å². The molecule has 1 saturated heterocycles. The molecule has 0 spiro atoms. The van der Waals surface area contributed by atoms with Gasteiger partial charge in [0.25, 0.3) is 0 Å². The molecule has 0 aromatic carbocycles. The number of hydrogen-bond donors (Lipinski definition) is 1. The number of likely N-dealkylation sites (N-methyl/N-ethyl adjacent to an activating group) is 1. The van der Waals surface area contributed by atoms with Crippen LogP contribution in [0.15, 0.2) is 6.33 Å². The highest BCUT2D eigenvalue weighted by Gasteiger charge is 2.23. The van der Waals surface area contributed by atoms with E-state index in [0.29, 0.717) is 19.1 Å². The quantitative estimate of drug-likeness (QED) is 0.846. The second kappa shape index (κ2) is 8.09. The maximum absolute atomic E-state index is 12.4. The lowest BCUT2D eigenvalue weighted by atomic mass is 10.1. The molecule has 134 valence electrons. The summed E-state index contributed by atoms with van der Waals surface area (Å²) in [5, 5.41) is 3.60. The predicted molar refractivity (Wildman–Crippen MR) is 91.5 cm³/mol. The summed E-state index contributed by atoms with van der Waals surface area (Å²) < 4.78 is 7.62. The van der Waals surface area contributed by atoms with Crippen LogP contribution in [0.1, 0.15) is 30.7 Å². The summed E-state index contributed by atoms with van der Waals surface area (Å²) in [6.07, 6.45) is 5.03. The number of aromatic nitrogens is 2. The molecule has 7 nitrogen and oxygen atoms in total. The van der Waals surface area contributed by atoms with Crippen LogP contribution in [0.5, 0.6) is 0 Å². The topological polar surface area (TPSA) is 62.6 Å². The third-order valence-corrected chi connectivity index (χ3v) is 4.78. The molecular weight excluding hydrogens is 306 g/mol. The lowest BCUT2D eigenvalue weighted by molar-refractivity contribution is -0.132. The highest BCUT2D eigenvalue weighted by molar-refractivity contribution is 5.78. The molecule has 2 aliphatic heterocycles. The van der Waals surface area contributed by atoms with Crippen molar-refractivity contribution >= 4 is 5.91 Å². The van der Waals surface area contributed by atoms with E-state index in [1.165, 1.54) is 5.69 Å². The predicted octanol–water partition coefficient (Wildman–Crippen LogP) is 0.446. The fourth-order valence-corrected chi connectivity index (χ4v) is 3.39. The molecule has 1 aromatic heterocycles. The lowest BCUT2D eigenvalue weighted by Crippen LogP contribution is -2.38. The van der Waals surface area contributed by atoms with Gasteiger partial charge < -0.3 is 24.4 Å². The molecule has 0 bridgehead atoms. The number of carbonyl (C=O) groups is 1. The Bertz CT molecular complexity index is 551. The van der Waals surface area contributed by atoms with E-state index < -0.39 is 0 Å². The van der Waals surface area contributed by atoms with Crippen molar-refractivity contribution in [3.8, 4) is 0 Å². The van der Waals surface area contributed by atoms with E-state index in [9.17, 15) is 4.79 Å². The number of rotatable bonds is 5. The Morgan fingerprint density at radius 1 is 1.38 bits per heavy atom. The standard InChI is InChI=1S/C17H29N5O2/c1-20(2)12-17(23)21-6-3-7-22-13-19-15(16(22)11-21)10-18-14-4-8-24-9-5-14/h13-14,18H,3-12H2,1-2H3. The molecule has 0 unspecified atom stereocenters. The number of carbonyl (C=O) groups excluding carboxylic acids is 1. The first-order chi connectivity index (χ1) is 11.6. The summed E-state index contributed by atoms with van der Waals surface area (Å²) in [7, 11) is 3.87. The van der Waals surface area contributed by atoms with E-state index in [0.717, 1.165) is 57.8 Å². The number of amides is 1. The van der Waals surface area contributed by atoms with Gasteiger partial charge in [0.05, 0.1) is 30.8 Å². The fourth-order valence-electron chi connectivity index (χ4n) is 3.39. The van der Waals surface area contributed by atoms with Gasteiger partial charge in [0, 0.05) is 38.9 Å². The van der Waals surface area contributed by atoms with Gasteiger partial charge in [-0.25, -0.2) is 4.98 Å². The summed E-state index contributed by atoms with van der Waals surface area (Å²) in [5.41, 5.74) is 2.25. The normalized spacial score (nSPS) is 19.4. The first kappa shape index (κ1) is 17.4. The largest absolute Gasteiger partial charge is 0.381 e. The van der Waals surface area contributed by atoms with Gasteiger partial charge in [-0.15, -0.1) is 0 Å². The SMILES string of the molecule is CN(C)CC(=O)N1CCCn2cnc(CNC3CCOCC3)c2C1. The molecule has 1 amide bonds. The van der Waals surface area contributed by atoms with Gasteiger partial charge in [-0.05, 0) is 33.4 Å². The van der Waals surface area contributed by atoms with Crippen LogP contribution < -0.4 is 5.32 Å². The molecule has 3 rings (SSSR count). The van der Waals surface area contributed by atoms with Crippen LogP contribution in [0.25, 0.3) is 0 Å². The van der Waals surface area contributed by atoms with Crippen molar-refractivity contribution in [1.82, 2.24) is 24.7 Å². The van der Waals surface area contributed by atoms with Gasteiger partial charge in [-0.2, -0.15) is 0 Å². The van der Waals surface area contributed by atoms with E-state index in [-0.39, 0.29) is 5.91 Å². The Balaban J connectivity index is 1.64. The Hall–Kier alpha value is -1.44. The van der Waals surface area contributed by atoms with Crippen molar-refractivity contribution < 1.29 is 9.53 Å². The molecule has 2 aliphatic rings. The third kappa shape index (κ3) is 4.34. The van der Waals surface area contributed by atoms with Gasteiger partial charge in [-0.3, -0.25) is 4.79 Å². The minimum Gasteiger partial charge on any atom is -0.381 e. The van der Waals surface area contributed by atoms with Crippen LogP contribution in [0.4, 0.5) is 0 Å². The van der Waals surface area contributed by atoms with Crippen LogP contribution in [-0.4, -0.2) is 71.7 Å². The van der Waals surface area contributed by atoms with Gasteiger partial charge >= 0.3 is 0 Å². The van der Waals surface area contributed by atoms with Crippen LogP contribution >= 0.6 is 0 Å². The number of nitrogens with one attached hydrogen (secondary N) is 1. The maximum atomic E-state index is 12.4. The van der Waals surface area contributed by atoms with Gasteiger partial charge in [0.2, 0.25) is 5.91 Å². The summed E-state index contributed by atoms with van der Waals surface area (Å²) in [5.74, 6) is 0.193. The van der Waals surface area contributed by atoms with Crippen LogP contribution in [0.2, 0.25) is 0 Å². The highest BCUT2D eigenvalue weighted by atomic mass is 16.5. The van der Waals surface area contributed by atoms with Crippen molar-refractivity contribution in [2.75, 3.05) is 40.4 Å². The Morgan fingerprint density at radius 2 is 2.17 bits per heavy atom. The third-order valence-electron chi connectivity index (χ3n) is 4.78. The van der Waals surface area contributed by atoms with Crippen LogP contribution in [0.3, 0.4) is 0 Å². The average Bonchev–Trinajstić information content (AvgIpc) is 2.81. The highest BCUT2D eigenvalue weighted by Crippen LogP contribution is 2.17. The second-order valence-electron chi connectivity index (χ2n) is 7.01. The summed E-state index contributed by atoms with van der Waals surface area (Å²) in [6.45, 7) is 5.33. The molecule has 1 aromatic rings. The van der Waals surface area contributed by atoms with E-state index in [1.54, 1.807) is 0 Å². The van der Waals surface area contributed by atoms with E-state index in [2.05, 4.69) is 14.9 Å². The molecule has 3 heterocycles. The molecule has 24 heavy (non-hydrogen) atoms. The van der Waals surface area contributed by atoms with Crippen molar-refractivity contribution in [2.45, 2.75) is 44.9 Å². The Labute approximate surface area is 144 Å². The summed E-state index contributed by atoms with van der Waals surface area (Å²) >= 11 is 0. The zero-order valence-electron chi connectivity index (χ0n) is 14.8. The number of fused-ring (bicyclic) bond motifs is 1. The minimum atomic E-state index is 0.193. The van der Waals surface area contributed by atoms with Crippen molar-refractivity contribution in [3.05, 3.63) is 17.7 Å². The van der Waals surface area contributed by atoms with Crippen molar-refractivity contribution in [3.63, 3.8) is 0 Å². The number of ether oxygens (including phenoxy) is 1. The van der Waals surface area contributed by atoms with E-state index in [4.69, 9.17) is 4.74 Å².